The Morgan fingerprint density at radius 3 is 2.47 bits per heavy atom. The molecule has 19 heavy (non-hydrogen) atoms. The number of methoxy groups -OCH3 is 1. The second kappa shape index (κ2) is 5.96. The van der Waals surface area contributed by atoms with Crippen LogP contribution in [0.5, 0.6) is 5.75 Å². The second-order valence-electron chi connectivity index (χ2n) is 6.12. The summed E-state index contributed by atoms with van der Waals surface area (Å²) < 4.78 is 5.23. The highest BCUT2D eigenvalue weighted by Gasteiger charge is 2.31. The van der Waals surface area contributed by atoms with E-state index in [0.717, 1.165) is 24.3 Å². The van der Waals surface area contributed by atoms with Crippen LogP contribution in [0.4, 0.5) is 0 Å². The normalized spacial score (nSPS) is 28.5. The fourth-order valence-electron chi connectivity index (χ4n) is 3.79. The van der Waals surface area contributed by atoms with Gasteiger partial charge in [-0.3, -0.25) is 0 Å². The van der Waals surface area contributed by atoms with E-state index < -0.39 is 0 Å². The van der Waals surface area contributed by atoms with Crippen LogP contribution in [0.15, 0.2) is 24.3 Å². The van der Waals surface area contributed by atoms with Crippen molar-refractivity contribution in [2.75, 3.05) is 13.7 Å². The van der Waals surface area contributed by atoms with Crippen molar-refractivity contribution in [1.29, 1.82) is 0 Å². The van der Waals surface area contributed by atoms with Crippen LogP contribution in [0.2, 0.25) is 0 Å². The van der Waals surface area contributed by atoms with Crippen molar-refractivity contribution in [3.63, 3.8) is 0 Å². The predicted molar refractivity (Wildman–Crippen MR) is 78.7 cm³/mol. The van der Waals surface area contributed by atoms with Crippen LogP contribution in [-0.4, -0.2) is 19.7 Å². The maximum Gasteiger partial charge on any atom is 0.118 e. The third-order valence-electron chi connectivity index (χ3n) is 4.97. The van der Waals surface area contributed by atoms with Gasteiger partial charge in [0.25, 0.3) is 0 Å². The molecule has 1 aliphatic carbocycles. The van der Waals surface area contributed by atoms with E-state index in [-0.39, 0.29) is 0 Å². The van der Waals surface area contributed by atoms with Gasteiger partial charge in [0, 0.05) is 12.6 Å². The van der Waals surface area contributed by atoms with Crippen LogP contribution >= 0.6 is 0 Å². The van der Waals surface area contributed by atoms with Crippen molar-refractivity contribution < 1.29 is 4.74 Å². The van der Waals surface area contributed by atoms with Gasteiger partial charge in [-0.05, 0) is 48.8 Å². The Hall–Kier alpha value is -1.02. The molecule has 2 fully saturated rings. The molecule has 1 saturated heterocycles. The minimum absolute atomic E-state index is 0.692. The molecule has 1 N–H and O–H groups in total. The molecule has 0 radical (unpaired) electrons. The number of ether oxygens (including phenoxy) is 1. The van der Waals surface area contributed by atoms with Gasteiger partial charge in [0.2, 0.25) is 0 Å². The van der Waals surface area contributed by atoms with Crippen molar-refractivity contribution in [3.05, 3.63) is 29.8 Å². The zero-order valence-corrected chi connectivity index (χ0v) is 11.9. The number of hydrogen-bond donors (Lipinski definition) is 1. The lowest BCUT2D eigenvalue weighted by molar-refractivity contribution is 0.286. The van der Waals surface area contributed by atoms with Crippen LogP contribution in [0.25, 0.3) is 0 Å². The third kappa shape index (κ3) is 2.94. The summed E-state index contributed by atoms with van der Waals surface area (Å²) in [5.41, 5.74) is 1.46. The van der Waals surface area contributed by atoms with Gasteiger partial charge in [-0.2, -0.15) is 0 Å². The molecule has 1 aromatic carbocycles. The molecule has 1 aromatic rings. The van der Waals surface area contributed by atoms with Crippen molar-refractivity contribution in [2.45, 2.75) is 50.5 Å². The highest BCUT2D eigenvalue weighted by molar-refractivity contribution is 5.30. The van der Waals surface area contributed by atoms with Crippen molar-refractivity contribution >= 4 is 0 Å². The van der Waals surface area contributed by atoms with Gasteiger partial charge >= 0.3 is 0 Å². The molecule has 2 heteroatoms. The summed E-state index contributed by atoms with van der Waals surface area (Å²) in [6, 6.07) is 9.39. The first-order chi connectivity index (χ1) is 9.36. The van der Waals surface area contributed by atoms with Gasteiger partial charge in [0.15, 0.2) is 0 Å². The summed E-state index contributed by atoms with van der Waals surface area (Å²) in [7, 11) is 1.73. The van der Waals surface area contributed by atoms with Gasteiger partial charge in [-0.1, -0.05) is 31.4 Å². The van der Waals surface area contributed by atoms with E-state index in [9.17, 15) is 0 Å². The van der Waals surface area contributed by atoms with E-state index in [1.807, 2.05) is 0 Å². The van der Waals surface area contributed by atoms with Gasteiger partial charge < -0.3 is 10.1 Å². The van der Waals surface area contributed by atoms with Gasteiger partial charge in [-0.25, -0.2) is 0 Å². The molecule has 0 aromatic heterocycles. The smallest absolute Gasteiger partial charge is 0.118 e. The molecule has 2 nitrogen and oxygen atoms in total. The molecular weight excluding hydrogens is 234 g/mol. The number of nitrogens with one attached hydrogen (secondary N) is 1. The topological polar surface area (TPSA) is 21.3 Å². The Morgan fingerprint density at radius 1 is 1.05 bits per heavy atom. The summed E-state index contributed by atoms with van der Waals surface area (Å²) in [4.78, 5) is 0. The zero-order valence-electron chi connectivity index (χ0n) is 11.9. The van der Waals surface area contributed by atoms with E-state index in [1.165, 1.54) is 44.1 Å². The lowest BCUT2D eigenvalue weighted by Crippen LogP contribution is -2.31. The molecule has 3 rings (SSSR count). The highest BCUT2D eigenvalue weighted by Crippen LogP contribution is 2.35. The Morgan fingerprint density at radius 2 is 1.79 bits per heavy atom. The molecule has 0 spiro atoms. The maximum absolute atomic E-state index is 5.23. The number of benzene rings is 1. The molecule has 0 bridgehead atoms. The molecular formula is C17H25NO. The van der Waals surface area contributed by atoms with Crippen molar-refractivity contribution in [1.82, 2.24) is 5.32 Å². The fraction of sp³-hybridized carbons (Fsp3) is 0.647. The minimum atomic E-state index is 0.692. The minimum Gasteiger partial charge on any atom is -0.497 e. The van der Waals surface area contributed by atoms with Crippen molar-refractivity contribution in [2.24, 2.45) is 5.92 Å². The average Bonchev–Trinajstić information content (AvgIpc) is 2.98. The summed E-state index contributed by atoms with van der Waals surface area (Å²) >= 11 is 0. The molecule has 1 heterocycles. The first-order valence-electron chi connectivity index (χ1n) is 7.74. The highest BCUT2D eigenvalue weighted by atomic mass is 16.5. The van der Waals surface area contributed by atoms with E-state index in [4.69, 9.17) is 4.74 Å². The maximum atomic E-state index is 5.23. The molecule has 104 valence electrons. The van der Waals surface area contributed by atoms with Crippen LogP contribution in [0, 0.1) is 5.92 Å². The van der Waals surface area contributed by atoms with Gasteiger partial charge in [0.1, 0.15) is 5.75 Å². The zero-order chi connectivity index (χ0) is 13.1. The van der Waals surface area contributed by atoms with Crippen molar-refractivity contribution in [3.8, 4) is 5.75 Å². The number of rotatable bonds is 3. The Balaban J connectivity index is 1.61. The lowest BCUT2D eigenvalue weighted by Gasteiger charge is -2.27. The van der Waals surface area contributed by atoms with Gasteiger partial charge in [0.05, 0.1) is 7.11 Å². The summed E-state index contributed by atoms with van der Waals surface area (Å²) in [6.07, 6.45) is 8.52. The van der Waals surface area contributed by atoms with Crippen LogP contribution in [-0.2, 0) is 0 Å². The van der Waals surface area contributed by atoms with E-state index in [1.54, 1.807) is 7.11 Å². The summed E-state index contributed by atoms with van der Waals surface area (Å²) in [5, 5.41) is 3.77. The van der Waals surface area contributed by atoms with Crippen LogP contribution in [0.1, 0.15) is 50.0 Å². The lowest BCUT2D eigenvalue weighted by atomic mass is 9.82. The quantitative estimate of drug-likeness (QED) is 0.893. The standard InChI is InChI=1S/C17H25NO/c1-19-16-9-7-13(8-10-16)15-11-17(18-12-15)14-5-3-2-4-6-14/h7-10,14-15,17-18H,2-6,11-12H2,1H3. The fourth-order valence-corrected chi connectivity index (χ4v) is 3.79. The average molecular weight is 259 g/mol. The van der Waals surface area contributed by atoms with Crippen LogP contribution < -0.4 is 10.1 Å². The molecule has 1 saturated carbocycles. The molecule has 0 amide bonds. The molecule has 2 unspecified atom stereocenters. The third-order valence-corrected chi connectivity index (χ3v) is 4.97. The SMILES string of the molecule is COc1ccc(C2CNC(C3CCCCC3)C2)cc1. The summed E-state index contributed by atoms with van der Waals surface area (Å²) in [6.45, 7) is 1.15. The molecule has 2 aliphatic rings. The first-order valence-corrected chi connectivity index (χ1v) is 7.74. The largest absolute Gasteiger partial charge is 0.497 e. The van der Waals surface area contributed by atoms with Crippen LogP contribution in [0.3, 0.4) is 0 Å². The molecule has 1 aliphatic heterocycles. The monoisotopic (exact) mass is 259 g/mol. The van der Waals surface area contributed by atoms with E-state index in [2.05, 4.69) is 29.6 Å². The number of hydrogen-bond acceptors (Lipinski definition) is 2. The van der Waals surface area contributed by atoms with E-state index >= 15 is 0 Å². The first kappa shape index (κ1) is 13.0. The predicted octanol–water partition coefficient (Wildman–Crippen LogP) is 3.72. The van der Waals surface area contributed by atoms with E-state index in [0.29, 0.717) is 5.92 Å². The Bertz CT molecular complexity index is 394. The second-order valence-corrected chi connectivity index (χ2v) is 6.12. The Labute approximate surface area is 116 Å². The Kier molecular flexibility index (Phi) is 4.07. The molecule has 2 atom stereocenters. The summed E-state index contributed by atoms with van der Waals surface area (Å²) in [5.74, 6) is 2.58. The van der Waals surface area contributed by atoms with Gasteiger partial charge in [-0.15, -0.1) is 0 Å².